The average molecular weight is 349 g/mol. The van der Waals surface area contributed by atoms with Crippen LogP contribution in [0.5, 0.6) is 0 Å². The van der Waals surface area contributed by atoms with Crippen molar-refractivity contribution in [3.63, 3.8) is 0 Å². The average Bonchev–Trinajstić information content (AvgIpc) is 3.05. The molecule has 6 heteroatoms. The molecule has 0 radical (unpaired) electrons. The van der Waals surface area contributed by atoms with E-state index < -0.39 is 0 Å². The number of hydrogen-bond acceptors (Lipinski definition) is 4. The zero-order valence-corrected chi connectivity index (χ0v) is 14.3. The summed E-state index contributed by atoms with van der Waals surface area (Å²) in [6.45, 7) is 0.243. The summed E-state index contributed by atoms with van der Waals surface area (Å²) in [6, 6.07) is 17.0. The SMILES string of the molecule is CN(Cc1nc2ccccc2c(=O)[nH]1)C(=O)c1cc2ccccc2s1. The third-order valence-electron chi connectivity index (χ3n) is 4.03. The standard InChI is InChI=1S/C19H15N3O2S/c1-22(19(24)16-10-12-6-2-5-9-15(12)25-16)11-17-20-14-8-4-3-7-13(14)18(23)21-17/h2-10H,11H2,1H3,(H,20,21,23). The molecule has 0 unspecified atom stereocenters. The quantitative estimate of drug-likeness (QED) is 0.616. The van der Waals surface area contributed by atoms with Crippen molar-refractivity contribution in [2.45, 2.75) is 6.54 Å². The number of para-hydroxylation sites is 1. The number of rotatable bonds is 3. The van der Waals surface area contributed by atoms with Gasteiger partial charge in [-0.1, -0.05) is 30.3 Å². The number of hydrogen-bond donors (Lipinski definition) is 1. The van der Waals surface area contributed by atoms with Crippen LogP contribution in [-0.2, 0) is 6.54 Å². The number of nitrogens with one attached hydrogen (secondary N) is 1. The van der Waals surface area contributed by atoms with Crippen molar-refractivity contribution in [1.29, 1.82) is 0 Å². The zero-order chi connectivity index (χ0) is 17.4. The number of amides is 1. The van der Waals surface area contributed by atoms with Gasteiger partial charge in [0, 0.05) is 11.7 Å². The Hall–Kier alpha value is -2.99. The summed E-state index contributed by atoms with van der Waals surface area (Å²) >= 11 is 1.47. The summed E-state index contributed by atoms with van der Waals surface area (Å²) in [4.78, 5) is 34.3. The molecule has 5 nitrogen and oxygen atoms in total. The second-order valence-corrected chi connectivity index (χ2v) is 6.92. The highest BCUT2D eigenvalue weighted by Crippen LogP contribution is 2.26. The maximum absolute atomic E-state index is 12.7. The highest BCUT2D eigenvalue weighted by atomic mass is 32.1. The van der Waals surface area contributed by atoms with E-state index in [9.17, 15) is 9.59 Å². The molecule has 0 bridgehead atoms. The van der Waals surface area contributed by atoms with E-state index in [1.807, 2.05) is 36.4 Å². The maximum atomic E-state index is 12.7. The largest absolute Gasteiger partial charge is 0.334 e. The molecule has 4 rings (SSSR count). The van der Waals surface area contributed by atoms with Crippen LogP contribution in [0.25, 0.3) is 21.0 Å². The number of fused-ring (bicyclic) bond motifs is 2. The first-order chi connectivity index (χ1) is 12.1. The Morgan fingerprint density at radius 2 is 1.92 bits per heavy atom. The summed E-state index contributed by atoms with van der Waals surface area (Å²) in [5.41, 5.74) is 0.437. The van der Waals surface area contributed by atoms with Crippen LogP contribution in [0.3, 0.4) is 0 Å². The highest BCUT2D eigenvalue weighted by Gasteiger charge is 2.16. The fourth-order valence-electron chi connectivity index (χ4n) is 2.78. The Labute approximate surface area is 147 Å². The second kappa shape index (κ2) is 6.14. The molecule has 2 aromatic heterocycles. The summed E-state index contributed by atoms with van der Waals surface area (Å²) in [7, 11) is 1.71. The lowest BCUT2D eigenvalue weighted by molar-refractivity contribution is 0.0786. The molecular formula is C19H15N3O2S. The third kappa shape index (κ3) is 2.92. The number of aromatic amines is 1. The van der Waals surface area contributed by atoms with E-state index in [0.717, 1.165) is 10.1 Å². The van der Waals surface area contributed by atoms with Gasteiger partial charge < -0.3 is 9.88 Å². The van der Waals surface area contributed by atoms with Crippen molar-refractivity contribution in [3.05, 3.63) is 75.7 Å². The zero-order valence-electron chi connectivity index (χ0n) is 13.5. The Morgan fingerprint density at radius 3 is 2.76 bits per heavy atom. The van der Waals surface area contributed by atoms with E-state index >= 15 is 0 Å². The summed E-state index contributed by atoms with van der Waals surface area (Å²) in [5, 5.41) is 1.60. The van der Waals surface area contributed by atoms with E-state index in [1.54, 1.807) is 30.1 Å². The van der Waals surface area contributed by atoms with E-state index in [1.165, 1.54) is 11.3 Å². The van der Waals surface area contributed by atoms with Gasteiger partial charge in [0.2, 0.25) is 0 Å². The predicted molar refractivity (Wildman–Crippen MR) is 100.0 cm³/mol. The lowest BCUT2D eigenvalue weighted by Gasteiger charge is -2.15. The third-order valence-corrected chi connectivity index (χ3v) is 5.14. The van der Waals surface area contributed by atoms with Gasteiger partial charge in [-0.3, -0.25) is 9.59 Å². The molecule has 1 N–H and O–H groups in total. The minimum absolute atomic E-state index is 0.0861. The molecule has 4 aromatic rings. The van der Waals surface area contributed by atoms with Crippen molar-refractivity contribution < 1.29 is 4.79 Å². The van der Waals surface area contributed by atoms with Crippen molar-refractivity contribution in [2.24, 2.45) is 0 Å². The summed E-state index contributed by atoms with van der Waals surface area (Å²) in [6.07, 6.45) is 0. The van der Waals surface area contributed by atoms with Crippen LogP contribution in [0.2, 0.25) is 0 Å². The molecule has 0 fully saturated rings. The Bertz CT molecular complexity index is 1110. The molecule has 2 aromatic carbocycles. The Morgan fingerprint density at radius 1 is 1.16 bits per heavy atom. The normalized spacial score (nSPS) is 11.1. The van der Waals surface area contributed by atoms with Crippen LogP contribution in [-0.4, -0.2) is 27.8 Å². The van der Waals surface area contributed by atoms with Crippen molar-refractivity contribution in [3.8, 4) is 0 Å². The van der Waals surface area contributed by atoms with Crippen molar-refractivity contribution in [2.75, 3.05) is 7.05 Å². The summed E-state index contributed by atoms with van der Waals surface area (Å²) in [5.74, 6) is 0.387. The minimum Gasteiger partial charge on any atom is -0.334 e. The van der Waals surface area contributed by atoms with E-state index in [-0.39, 0.29) is 18.0 Å². The van der Waals surface area contributed by atoms with Crippen LogP contribution in [0, 0.1) is 0 Å². The van der Waals surface area contributed by atoms with Gasteiger partial charge in [0.05, 0.1) is 22.3 Å². The van der Waals surface area contributed by atoms with Gasteiger partial charge >= 0.3 is 0 Å². The molecule has 124 valence electrons. The van der Waals surface area contributed by atoms with Gasteiger partial charge in [0.1, 0.15) is 5.82 Å². The van der Waals surface area contributed by atoms with Gasteiger partial charge in [-0.05, 0) is 29.7 Å². The fourth-order valence-corrected chi connectivity index (χ4v) is 3.84. The predicted octanol–water partition coefficient (Wildman–Crippen LogP) is 3.41. The number of carbonyl (C=O) groups is 1. The lowest BCUT2D eigenvalue weighted by atomic mass is 10.2. The smallest absolute Gasteiger partial charge is 0.264 e. The monoisotopic (exact) mass is 349 g/mol. The molecule has 0 saturated carbocycles. The van der Waals surface area contributed by atoms with Gasteiger partial charge in [-0.2, -0.15) is 0 Å². The van der Waals surface area contributed by atoms with E-state index in [0.29, 0.717) is 21.6 Å². The summed E-state index contributed by atoms with van der Waals surface area (Å²) < 4.78 is 1.08. The van der Waals surface area contributed by atoms with Crippen molar-refractivity contribution in [1.82, 2.24) is 14.9 Å². The molecule has 0 atom stereocenters. The van der Waals surface area contributed by atoms with Crippen LogP contribution < -0.4 is 5.56 Å². The topological polar surface area (TPSA) is 66.1 Å². The highest BCUT2D eigenvalue weighted by molar-refractivity contribution is 7.20. The number of thiophene rings is 1. The van der Waals surface area contributed by atoms with Gasteiger partial charge in [0.25, 0.3) is 11.5 Å². The number of H-pyrrole nitrogens is 1. The Balaban J connectivity index is 1.61. The molecule has 25 heavy (non-hydrogen) atoms. The van der Waals surface area contributed by atoms with Gasteiger partial charge in [0.15, 0.2) is 0 Å². The first-order valence-electron chi connectivity index (χ1n) is 7.84. The molecule has 0 spiro atoms. The fraction of sp³-hybridized carbons (Fsp3) is 0.105. The lowest BCUT2D eigenvalue weighted by Crippen LogP contribution is -2.27. The van der Waals surface area contributed by atoms with Crippen LogP contribution >= 0.6 is 11.3 Å². The van der Waals surface area contributed by atoms with Crippen LogP contribution in [0.4, 0.5) is 0 Å². The molecule has 0 aliphatic carbocycles. The maximum Gasteiger partial charge on any atom is 0.264 e. The molecule has 0 aliphatic heterocycles. The molecule has 2 heterocycles. The number of benzene rings is 2. The molecule has 0 aliphatic rings. The molecule has 0 saturated heterocycles. The number of nitrogens with zero attached hydrogens (tertiary/aromatic N) is 2. The van der Waals surface area contributed by atoms with Gasteiger partial charge in [-0.25, -0.2) is 4.98 Å². The van der Waals surface area contributed by atoms with Gasteiger partial charge in [-0.15, -0.1) is 11.3 Å². The van der Waals surface area contributed by atoms with Crippen LogP contribution in [0.15, 0.2) is 59.4 Å². The first-order valence-corrected chi connectivity index (χ1v) is 8.65. The molecular weight excluding hydrogens is 334 g/mol. The molecule has 1 amide bonds. The number of carbonyl (C=O) groups excluding carboxylic acids is 1. The first kappa shape index (κ1) is 15.5. The van der Waals surface area contributed by atoms with E-state index in [4.69, 9.17) is 0 Å². The van der Waals surface area contributed by atoms with Crippen molar-refractivity contribution >= 4 is 38.2 Å². The van der Waals surface area contributed by atoms with E-state index in [2.05, 4.69) is 9.97 Å². The van der Waals surface area contributed by atoms with Crippen LogP contribution in [0.1, 0.15) is 15.5 Å². The Kier molecular flexibility index (Phi) is 3.82. The second-order valence-electron chi connectivity index (χ2n) is 5.84. The number of aromatic nitrogens is 2. The minimum atomic E-state index is -0.191.